The SMILES string of the molecule is CS(=O)(=O)c1cccc([C@H](c2ccccc2)C2CCN(C(=O)c3ccc4c(c3)CC(=O)CO4)CC2)c1. The summed E-state index contributed by atoms with van der Waals surface area (Å²) >= 11 is 0. The highest BCUT2D eigenvalue weighted by atomic mass is 32.2. The topological polar surface area (TPSA) is 80.8 Å². The standard InChI is InChI=1S/C29H29NO5S/c1-36(33,34)26-9-5-8-22(18-26)28(20-6-3-2-4-7-20)21-12-14-30(15-13-21)29(32)23-10-11-27-24(16-23)17-25(31)19-35-27/h2-11,16,18,21,28H,12-15,17,19H2,1H3/t28-/m1/s1. The van der Waals surface area contributed by atoms with Gasteiger partial charge in [-0.2, -0.15) is 0 Å². The van der Waals surface area contributed by atoms with Gasteiger partial charge in [-0.25, -0.2) is 8.42 Å². The van der Waals surface area contributed by atoms with Crippen LogP contribution in [0, 0.1) is 5.92 Å². The van der Waals surface area contributed by atoms with Gasteiger partial charge in [0.1, 0.15) is 12.4 Å². The first-order valence-corrected chi connectivity index (χ1v) is 14.1. The normalized spacial score (nSPS) is 17.2. The first-order chi connectivity index (χ1) is 17.3. The van der Waals surface area contributed by atoms with E-state index >= 15 is 0 Å². The van der Waals surface area contributed by atoms with E-state index < -0.39 is 9.84 Å². The maximum absolute atomic E-state index is 13.3. The van der Waals surface area contributed by atoms with Crippen molar-refractivity contribution in [3.63, 3.8) is 0 Å². The lowest BCUT2D eigenvalue weighted by Gasteiger charge is -2.37. The molecule has 1 atom stereocenters. The monoisotopic (exact) mass is 503 g/mol. The van der Waals surface area contributed by atoms with Gasteiger partial charge in [0, 0.05) is 42.8 Å². The fourth-order valence-electron chi connectivity index (χ4n) is 5.37. The van der Waals surface area contributed by atoms with Gasteiger partial charge in [-0.05, 0) is 60.2 Å². The number of ketones is 1. The van der Waals surface area contributed by atoms with Crippen molar-refractivity contribution in [3.8, 4) is 5.75 Å². The van der Waals surface area contributed by atoms with E-state index in [1.165, 1.54) is 6.26 Å². The van der Waals surface area contributed by atoms with Crippen LogP contribution in [0.5, 0.6) is 5.75 Å². The average Bonchev–Trinajstić information content (AvgIpc) is 2.89. The van der Waals surface area contributed by atoms with Crippen molar-refractivity contribution < 1.29 is 22.7 Å². The van der Waals surface area contributed by atoms with E-state index in [0.29, 0.717) is 35.7 Å². The van der Waals surface area contributed by atoms with Gasteiger partial charge in [-0.15, -0.1) is 0 Å². The van der Waals surface area contributed by atoms with Crippen molar-refractivity contribution in [1.29, 1.82) is 0 Å². The number of amides is 1. The van der Waals surface area contributed by atoms with Gasteiger partial charge in [0.2, 0.25) is 0 Å². The van der Waals surface area contributed by atoms with E-state index in [-0.39, 0.29) is 30.1 Å². The highest BCUT2D eigenvalue weighted by Gasteiger charge is 2.31. The second-order valence-corrected chi connectivity index (χ2v) is 11.7. The summed E-state index contributed by atoms with van der Waals surface area (Å²) in [6.07, 6.45) is 3.14. The van der Waals surface area contributed by atoms with E-state index in [1.54, 1.807) is 30.3 Å². The van der Waals surface area contributed by atoms with Crippen LogP contribution in [-0.4, -0.2) is 51.0 Å². The van der Waals surface area contributed by atoms with Gasteiger partial charge in [-0.1, -0.05) is 42.5 Å². The molecule has 0 aliphatic carbocycles. The number of piperidine rings is 1. The molecule has 2 aliphatic heterocycles. The van der Waals surface area contributed by atoms with E-state index in [0.717, 1.165) is 29.5 Å². The van der Waals surface area contributed by atoms with E-state index in [9.17, 15) is 18.0 Å². The molecule has 1 amide bonds. The number of likely N-dealkylation sites (tertiary alicyclic amines) is 1. The molecular formula is C29H29NO5S. The molecule has 3 aromatic carbocycles. The van der Waals surface area contributed by atoms with Gasteiger partial charge in [0.15, 0.2) is 15.6 Å². The maximum Gasteiger partial charge on any atom is 0.253 e. The van der Waals surface area contributed by atoms with Crippen LogP contribution in [-0.2, 0) is 21.1 Å². The first-order valence-electron chi connectivity index (χ1n) is 12.2. The first kappa shape index (κ1) is 24.3. The second kappa shape index (κ2) is 9.90. The van der Waals surface area contributed by atoms with E-state index in [2.05, 4.69) is 12.1 Å². The summed E-state index contributed by atoms with van der Waals surface area (Å²) in [6, 6.07) is 22.7. The minimum atomic E-state index is -3.32. The molecule has 0 unspecified atom stereocenters. The Morgan fingerprint density at radius 1 is 0.944 bits per heavy atom. The Balaban J connectivity index is 1.36. The molecule has 0 saturated carbocycles. The molecule has 36 heavy (non-hydrogen) atoms. The van der Waals surface area contributed by atoms with Crippen LogP contribution >= 0.6 is 0 Å². The van der Waals surface area contributed by atoms with Crippen molar-refractivity contribution >= 4 is 21.5 Å². The highest BCUT2D eigenvalue weighted by molar-refractivity contribution is 7.90. The van der Waals surface area contributed by atoms with Crippen molar-refractivity contribution in [2.75, 3.05) is 26.0 Å². The zero-order valence-corrected chi connectivity index (χ0v) is 21.0. The number of ether oxygens (including phenoxy) is 1. The molecule has 5 rings (SSSR count). The number of hydrogen-bond donors (Lipinski definition) is 0. The van der Waals surface area contributed by atoms with Crippen LogP contribution in [0.3, 0.4) is 0 Å². The van der Waals surface area contributed by atoms with Gasteiger partial charge in [0.05, 0.1) is 4.90 Å². The Kier molecular flexibility index (Phi) is 6.67. The molecule has 7 heteroatoms. The summed E-state index contributed by atoms with van der Waals surface area (Å²) in [5.74, 6) is 0.953. The Hall–Kier alpha value is -3.45. The van der Waals surface area contributed by atoms with E-state index in [1.807, 2.05) is 35.2 Å². The molecule has 2 heterocycles. The zero-order chi connectivity index (χ0) is 25.3. The molecule has 0 bridgehead atoms. The minimum Gasteiger partial charge on any atom is -0.486 e. The summed E-state index contributed by atoms with van der Waals surface area (Å²) in [5.41, 5.74) is 3.47. The third kappa shape index (κ3) is 5.07. The van der Waals surface area contributed by atoms with Gasteiger partial charge in [0.25, 0.3) is 5.91 Å². The number of fused-ring (bicyclic) bond motifs is 1. The number of benzene rings is 3. The number of rotatable bonds is 5. The summed E-state index contributed by atoms with van der Waals surface area (Å²) in [7, 11) is -3.32. The average molecular weight is 504 g/mol. The molecule has 0 aromatic heterocycles. The summed E-state index contributed by atoms with van der Waals surface area (Å²) in [6.45, 7) is 1.32. The minimum absolute atomic E-state index is 0.0137. The molecule has 2 aliphatic rings. The van der Waals surface area contributed by atoms with Gasteiger partial charge < -0.3 is 9.64 Å². The van der Waals surface area contributed by atoms with Crippen molar-refractivity contribution in [2.24, 2.45) is 5.92 Å². The Labute approximate surface area is 211 Å². The van der Waals surface area contributed by atoms with Crippen molar-refractivity contribution in [3.05, 3.63) is 95.1 Å². The van der Waals surface area contributed by atoms with Crippen molar-refractivity contribution in [2.45, 2.75) is 30.1 Å². The number of Topliss-reactive ketones (excluding diaryl/α,β-unsaturated/α-hetero) is 1. The molecule has 3 aromatic rings. The zero-order valence-electron chi connectivity index (χ0n) is 20.2. The third-order valence-electron chi connectivity index (χ3n) is 7.19. The second-order valence-electron chi connectivity index (χ2n) is 9.69. The molecule has 0 N–H and O–H groups in total. The molecule has 6 nitrogen and oxygen atoms in total. The Morgan fingerprint density at radius 2 is 1.67 bits per heavy atom. The maximum atomic E-state index is 13.3. The fourth-order valence-corrected chi connectivity index (χ4v) is 6.04. The van der Waals surface area contributed by atoms with Crippen LogP contribution < -0.4 is 4.74 Å². The smallest absolute Gasteiger partial charge is 0.253 e. The lowest BCUT2D eigenvalue weighted by molar-refractivity contribution is -0.121. The van der Waals surface area contributed by atoms with Crippen molar-refractivity contribution in [1.82, 2.24) is 4.90 Å². The van der Waals surface area contributed by atoms with Crippen LogP contribution in [0.15, 0.2) is 77.7 Å². The number of nitrogens with zero attached hydrogens (tertiary/aromatic N) is 1. The molecule has 1 saturated heterocycles. The summed E-state index contributed by atoms with van der Waals surface area (Å²) < 4.78 is 29.9. The predicted molar refractivity (Wildman–Crippen MR) is 137 cm³/mol. The molecule has 0 spiro atoms. The fraction of sp³-hybridized carbons (Fsp3) is 0.310. The molecule has 0 radical (unpaired) electrons. The molecule has 1 fully saturated rings. The quantitative estimate of drug-likeness (QED) is 0.519. The highest BCUT2D eigenvalue weighted by Crippen LogP contribution is 2.39. The van der Waals surface area contributed by atoms with Gasteiger partial charge >= 0.3 is 0 Å². The molecular weight excluding hydrogens is 474 g/mol. The van der Waals surface area contributed by atoms with Crippen LogP contribution in [0.1, 0.15) is 45.8 Å². The lowest BCUT2D eigenvalue weighted by atomic mass is 9.76. The number of sulfone groups is 1. The van der Waals surface area contributed by atoms with Crippen LogP contribution in [0.4, 0.5) is 0 Å². The van der Waals surface area contributed by atoms with Crippen LogP contribution in [0.25, 0.3) is 0 Å². The number of carbonyl (C=O) groups is 2. The summed E-state index contributed by atoms with van der Waals surface area (Å²) in [5, 5.41) is 0. The van der Waals surface area contributed by atoms with Gasteiger partial charge in [-0.3, -0.25) is 9.59 Å². The van der Waals surface area contributed by atoms with Crippen LogP contribution in [0.2, 0.25) is 0 Å². The van der Waals surface area contributed by atoms with E-state index in [4.69, 9.17) is 4.74 Å². The number of carbonyl (C=O) groups excluding carboxylic acids is 2. The number of hydrogen-bond acceptors (Lipinski definition) is 5. The molecule has 186 valence electrons. The summed E-state index contributed by atoms with van der Waals surface area (Å²) in [4.78, 5) is 27.2. The third-order valence-corrected chi connectivity index (χ3v) is 8.30. The lowest BCUT2D eigenvalue weighted by Crippen LogP contribution is -2.40. The Morgan fingerprint density at radius 3 is 2.39 bits per heavy atom. The predicted octanol–water partition coefficient (Wildman–Crippen LogP) is 4.28. The largest absolute Gasteiger partial charge is 0.486 e. The Bertz CT molecular complexity index is 1390.